The maximum Gasteiger partial charge on any atom is 0.292 e. The van der Waals surface area contributed by atoms with Crippen LogP contribution < -0.4 is 10.9 Å². The van der Waals surface area contributed by atoms with Gasteiger partial charge in [0.05, 0.1) is 27.7 Å². The first kappa shape index (κ1) is 23.3. The van der Waals surface area contributed by atoms with Crippen molar-refractivity contribution in [2.75, 3.05) is 5.01 Å². The highest BCUT2D eigenvalue weighted by molar-refractivity contribution is 5.67. The molecule has 0 saturated heterocycles. The molecular formula is C24H19N5O6. The third-order valence-corrected chi connectivity index (χ3v) is 5.91. The van der Waals surface area contributed by atoms with Crippen LogP contribution in [-0.4, -0.2) is 20.8 Å². The molecule has 2 unspecified atom stereocenters. The van der Waals surface area contributed by atoms with E-state index in [9.17, 15) is 30.3 Å². The zero-order valence-corrected chi connectivity index (χ0v) is 18.1. The van der Waals surface area contributed by atoms with E-state index < -0.39 is 37.7 Å². The van der Waals surface area contributed by atoms with Crippen LogP contribution in [0.1, 0.15) is 5.56 Å². The predicted octanol–water partition coefficient (Wildman–Crippen LogP) is 3.91. The van der Waals surface area contributed by atoms with E-state index in [1.165, 1.54) is 12.1 Å². The van der Waals surface area contributed by atoms with E-state index in [0.717, 1.165) is 28.3 Å². The van der Waals surface area contributed by atoms with Gasteiger partial charge in [-0.25, -0.2) is 5.84 Å². The minimum atomic E-state index is -2.18. The van der Waals surface area contributed by atoms with Crippen LogP contribution in [0.3, 0.4) is 0 Å². The lowest BCUT2D eigenvalue weighted by molar-refractivity contribution is -0.536. The number of hydrogen-bond donors (Lipinski definition) is 1. The number of anilines is 1. The van der Waals surface area contributed by atoms with Gasteiger partial charge in [0.1, 0.15) is 0 Å². The SMILES string of the molecule is NN(c1ccc(-c2ccccc2)cc1)C1(c2ccccc2)C([N+](=O)[O-])=CC([N+](=O)[O-])=CC1[N+](=O)[O-]. The Morgan fingerprint density at radius 2 is 1.29 bits per heavy atom. The Labute approximate surface area is 198 Å². The summed E-state index contributed by atoms with van der Waals surface area (Å²) in [5, 5.41) is 36.9. The number of nitrogens with two attached hydrogens (primary N) is 1. The molecule has 2 atom stereocenters. The molecule has 3 aromatic carbocycles. The molecule has 3 aromatic rings. The second-order valence-electron chi connectivity index (χ2n) is 7.78. The van der Waals surface area contributed by atoms with Crippen LogP contribution in [0.4, 0.5) is 5.69 Å². The fourth-order valence-electron chi connectivity index (χ4n) is 4.32. The predicted molar refractivity (Wildman–Crippen MR) is 128 cm³/mol. The molecule has 0 fully saturated rings. The van der Waals surface area contributed by atoms with Crippen molar-refractivity contribution in [2.24, 2.45) is 5.84 Å². The summed E-state index contributed by atoms with van der Waals surface area (Å²) in [6.45, 7) is 0. The van der Waals surface area contributed by atoms with Crippen LogP contribution in [0.2, 0.25) is 0 Å². The summed E-state index contributed by atoms with van der Waals surface area (Å²) in [5.74, 6) is 6.49. The number of allylic oxidation sites excluding steroid dienone is 1. The van der Waals surface area contributed by atoms with Crippen molar-refractivity contribution in [1.82, 2.24) is 0 Å². The molecular weight excluding hydrogens is 454 g/mol. The third kappa shape index (κ3) is 4.00. The Hall–Kier alpha value is -4.90. The van der Waals surface area contributed by atoms with Crippen molar-refractivity contribution >= 4 is 5.69 Å². The van der Waals surface area contributed by atoms with Gasteiger partial charge in [0.15, 0.2) is 0 Å². The maximum absolute atomic E-state index is 12.3. The summed E-state index contributed by atoms with van der Waals surface area (Å²) in [7, 11) is 0. The molecule has 0 saturated carbocycles. The standard InChI is InChI=1S/C24H19N5O6/c25-26(20-13-11-18(12-14-20)17-7-3-1-4-8-17)24(19-9-5-2-6-10-19)22(28(32)33)15-21(27(30)31)16-23(24)29(34)35/h1-16,22H,25H2. The van der Waals surface area contributed by atoms with Gasteiger partial charge in [0.25, 0.3) is 17.4 Å². The number of rotatable bonds is 7. The van der Waals surface area contributed by atoms with Gasteiger partial charge in [-0.05, 0) is 28.8 Å². The largest absolute Gasteiger partial charge is 0.292 e. The summed E-state index contributed by atoms with van der Waals surface area (Å²) in [6, 6.07) is 21.9. The first-order valence-corrected chi connectivity index (χ1v) is 10.4. The zero-order valence-electron chi connectivity index (χ0n) is 18.1. The molecule has 0 aliphatic heterocycles. The molecule has 1 aliphatic carbocycles. The van der Waals surface area contributed by atoms with Crippen LogP contribution in [0, 0.1) is 30.3 Å². The Kier molecular flexibility index (Phi) is 6.08. The summed E-state index contributed by atoms with van der Waals surface area (Å²) < 4.78 is 0. The lowest BCUT2D eigenvalue weighted by atomic mass is 9.75. The summed E-state index contributed by atoms with van der Waals surface area (Å²) >= 11 is 0. The number of hydrogen-bond acceptors (Lipinski definition) is 8. The molecule has 1 aliphatic rings. The minimum Gasteiger partial charge on any atom is -0.283 e. The molecule has 0 heterocycles. The molecule has 2 N–H and O–H groups in total. The van der Waals surface area contributed by atoms with Crippen LogP contribution in [0.25, 0.3) is 11.1 Å². The second-order valence-corrected chi connectivity index (χ2v) is 7.78. The Morgan fingerprint density at radius 1 is 0.743 bits per heavy atom. The van der Waals surface area contributed by atoms with Crippen LogP contribution in [0.5, 0.6) is 0 Å². The summed E-state index contributed by atoms with van der Waals surface area (Å²) in [5.41, 5.74) is -1.57. The first-order valence-electron chi connectivity index (χ1n) is 10.4. The zero-order chi connectivity index (χ0) is 25.2. The fourth-order valence-corrected chi connectivity index (χ4v) is 4.32. The normalized spacial score (nSPS) is 19.3. The van der Waals surface area contributed by atoms with Crippen molar-refractivity contribution in [3.63, 3.8) is 0 Å². The molecule has 11 heteroatoms. The Morgan fingerprint density at radius 3 is 1.80 bits per heavy atom. The van der Waals surface area contributed by atoms with E-state index in [2.05, 4.69) is 0 Å². The average molecular weight is 473 g/mol. The van der Waals surface area contributed by atoms with Gasteiger partial charge < -0.3 is 0 Å². The van der Waals surface area contributed by atoms with E-state index in [0.29, 0.717) is 0 Å². The maximum atomic E-state index is 12.3. The second kappa shape index (κ2) is 9.15. The topological polar surface area (TPSA) is 159 Å². The smallest absolute Gasteiger partial charge is 0.283 e. The van der Waals surface area contributed by atoms with Gasteiger partial charge in [-0.15, -0.1) is 0 Å². The molecule has 35 heavy (non-hydrogen) atoms. The van der Waals surface area contributed by atoms with Crippen molar-refractivity contribution < 1.29 is 14.8 Å². The molecule has 0 spiro atoms. The molecule has 0 amide bonds. The van der Waals surface area contributed by atoms with E-state index >= 15 is 0 Å². The highest BCUT2D eigenvalue weighted by atomic mass is 16.6. The van der Waals surface area contributed by atoms with Gasteiger partial charge in [0, 0.05) is 4.92 Å². The van der Waals surface area contributed by atoms with Crippen molar-refractivity contribution in [3.8, 4) is 11.1 Å². The molecule has 4 rings (SSSR count). The monoisotopic (exact) mass is 473 g/mol. The highest BCUT2D eigenvalue weighted by Gasteiger charge is 2.63. The molecule has 176 valence electrons. The van der Waals surface area contributed by atoms with Gasteiger partial charge in [0.2, 0.25) is 5.54 Å². The first-order chi connectivity index (χ1) is 16.8. The van der Waals surface area contributed by atoms with E-state index in [1.54, 1.807) is 42.5 Å². The molecule has 0 bridgehead atoms. The average Bonchev–Trinajstić information content (AvgIpc) is 2.88. The summed E-state index contributed by atoms with van der Waals surface area (Å²) in [6.07, 6.45) is 1.52. The van der Waals surface area contributed by atoms with Crippen LogP contribution in [-0.2, 0) is 5.54 Å². The highest BCUT2D eigenvalue weighted by Crippen LogP contribution is 2.45. The third-order valence-electron chi connectivity index (χ3n) is 5.91. The van der Waals surface area contributed by atoms with Crippen molar-refractivity contribution in [1.29, 1.82) is 0 Å². The van der Waals surface area contributed by atoms with E-state index in [4.69, 9.17) is 5.84 Å². The van der Waals surface area contributed by atoms with Gasteiger partial charge in [-0.2, -0.15) is 0 Å². The van der Waals surface area contributed by atoms with Crippen molar-refractivity contribution in [3.05, 3.63) is 144 Å². The Bertz CT molecular complexity index is 1340. The van der Waals surface area contributed by atoms with Crippen LogP contribution in [0.15, 0.2) is 108 Å². The van der Waals surface area contributed by atoms with Gasteiger partial charge in [-0.3, -0.25) is 35.4 Å². The lowest BCUT2D eigenvalue weighted by Gasteiger charge is -2.41. The Balaban J connectivity index is 1.94. The molecule has 0 aromatic heterocycles. The number of nitrogens with zero attached hydrogens (tertiary/aromatic N) is 4. The molecule has 0 radical (unpaired) electrons. The fraction of sp³-hybridized carbons (Fsp3) is 0.0833. The number of nitro groups is 3. The number of benzene rings is 3. The minimum absolute atomic E-state index is 0.137. The number of hydrazine groups is 1. The van der Waals surface area contributed by atoms with Gasteiger partial charge >= 0.3 is 0 Å². The van der Waals surface area contributed by atoms with E-state index in [1.807, 2.05) is 30.3 Å². The molecule has 11 nitrogen and oxygen atoms in total. The van der Waals surface area contributed by atoms with Crippen molar-refractivity contribution in [2.45, 2.75) is 11.6 Å². The van der Waals surface area contributed by atoms with Gasteiger partial charge in [-0.1, -0.05) is 72.8 Å². The quantitative estimate of drug-likeness (QED) is 0.307. The van der Waals surface area contributed by atoms with E-state index in [-0.39, 0.29) is 11.3 Å². The summed E-state index contributed by atoms with van der Waals surface area (Å²) in [4.78, 5) is 33.4. The van der Waals surface area contributed by atoms with Crippen LogP contribution >= 0.6 is 0 Å². The lowest BCUT2D eigenvalue weighted by Crippen LogP contribution is -2.63.